The first-order valence-electron chi connectivity index (χ1n) is 6.15. The average molecular weight is 307 g/mol. The molecule has 18 heavy (non-hydrogen) atoms. The average Bonchev–Trinajstić information content (AvgIpc) is 2.80. The smallest absolute Gasteiger partial charge is 0.150 e. The quantitative estimate of drug-likeness (QED) is 0.742. The van der Waals surface area contributed by atoms with Gasteiger partial charge in [0.05, 0.1) is 10.0 Å². The second-order valence-corrected chi connectivity index (χ2v) is 6.02. The molecular formula is C12H14Cl3N3. The van der Waals surface area contributed by atoms with Crippen molar-refractivity contribution in [2.75, 3.05) is 31.1 Å². The molecule has 2 saturated heterocycles. The second kappa shape index (κ2) is 5.04. The number of nitrogens with zero attached hydrogens (tertiary/aromatic N) is 3. The van der Waals surface area contributed by atoms with E-state index in [-0.39, 0.29) is 0 Å². The van der Waals surface area contributed by atoms with Crippen LogP contribution in [0.5, 0.6) is 0 Å². The summed E-state index contributed by atoms with van der Waals surface area (Å²) in [5, 5.41) is 1.31. The molecule has 0 spiro atoms. The Labute approximate surface area is 122 Å². The lowest BCUT2D eigenvalue weighted by Crippen LogP contribution is -2.50. The van der Waals surface area contributed by atoms with Crippen molar-refractivity contribution in [1.29, 1.82) is 0 Å². The molecule has 0 saturated carbocycles. The van der Waals surface area contributed by atoms with Gasteiger partial charge in [0, 0.05) is 25.7 Å². The fraction of sp³-hybridized carbons (Fsp3) is 0.583. The van der Waals surface area contributed by atoms with Gasteiger partial charge in [0.15, 0.2) is 0 Å². The van der Waals surface area contributed by atoms with Crippen LogP contribution in [0.15, 0.2) is 6.07 Å². The van der Waals surface area contributed by atoms with Crippen molar-refractivity contribution in [2.45, 2.75) is 18.9 Å². The van der Waals surface area contributed by atoms with Gasteiger partial charge in [-0.15, -0.1) is 0 Å². The number of rotatable bonds is 1. The molecule has 2 aliphatic heterocycles. The highest BCUT2D eigenvalue weighted by Gasteiger charge is 2.31. The summed E-state index contributed by atoms with van der Waals surface area (Å²) in [4.78, 5) is 9.08. The van der Waals surface area contributed by atoms with E-state index in [0.717, 1.165) is 25.5 Å². The van der Waals surface area contributed by atoms with Gasteiger partial charge < -0.3 is 4.90 Å². The van der Waals surface area contributed by atoms with Gasteiger partial charge in [0.2, 0.25) is 0 Å². The molecule has 6 heteroatoms. The molecule has 0 bridgehead atoms. The van der Waals surface area contributed by atoms with E-state index < -0.39 is 0 Å². The second-order valence-electron chi connectivity index (χ2n) is 4.84. The van der Waals surface area contributed by atoms with E-state index in [0.29, 0.717) is 21.2 Å². The molecule has 3 nitrogen and oxygen atoms in total. The Morgan fingerprint density at radius 2 is 1.94 bits per heavy atom. The third-order valence-corrected chi connectivity index (χ3v) is 4.71. The summed E-state index contributed by atoms with van der Waals surface area (Å²) in [6.07, 6.45) is 2.55. The zero-order valence-electron chi connectivity index (χ0n) is 9.87. The minimum atomic E-state index is 0.324. The van der Waals surface area contributed by atoms with Crippen molar-refractivity contribution in [3.8, 4) is 0 Å². The lowest BCUT2D eigenvalue weighted by molar-refractivity contribution is 0.230. The molecule has 1 atom stereocenters. The van der Waals surface area contributed by atoms with Crippen molar-refractivity contribution < 1.29 is 0 Å². The molecule has 1 aromatic rings. The van der Waals surface area contributed by atoms with E-state index in [2.05, 4.69) is 14.8 Å². The number of aromatic nitrogens is 1. The molecule has 1 unspecified atom stereocenters. The van der Waals surface area contributed by atoms with Gasteiger partial charge in [0.25, 0.3) is 0 Å². The van der Waals surface area contributed by atoms with E-state index >= 15 is 0 Å². The van der Waals surface area contributed by atoms with Crippen LogP contribution in [0, 0.1) is 0 Å². The predicted octanol–water partition coefficient (Wildman–Crippen LogP) is 3.33. The summed E-state index contributed by atoms with van der Waals surface area (Å²) >= 11 is 18.1. The van der Waals surface area contributed by atoms with E-state index in [9.17, 15) is 0 Å². The largest absolute Gasteiger partial charge is 0.352 e. The Kier molecular flexibility index (Phi) is 3.59. The molecule has 2 fully saturated rings. The fourth-order valence-corrected chi connectivity index (χ4v) is 3.45. The molecule has 1 aromatic heterocycles. The first kappa shape index (κ1) is 12.8. The minimum absolute atomic E-state index is 0.324. The highest BCUT2D eigenvalue weighted by Crippen LogP contribution is 2.33. The van der Waals surface area contributed by atoms with Gasteiger partial charge in [-0.1, -0.05) is 34.8 Å². The highest BCUT2D eigenvalue weighted by molar-refractivity contribution is 6.42. The first-order valence-corrected chi connectivity index (χ1v) is 7.29. The lowest BCUT2D eigenvalue weighted by atomic mass is 10.1. The zero-order valence-corrected chi connectivity index (χ0v) is 12.1. The number of pyridine rings is 1. The monoisotopic (exact) mass is 305 g/mol. The summed E-state index contributed by atoms with van der Waals surface area (Å²) in [6.45, 7) is 4.22. The zero-order chi connectivity index (χ0) is 12.7. The number of fused-ring (bicyclic) bond motifs is 1. The van der Waals surface area contributed by atoms with Crippen LogP contribution >= 0.6 is 34.8 Å². The third-order valence-electron chi connectivity index (χ3n) is 3.76. The maximum atomic E-state index is 6.22. The van der Waals surface area contributed by atoms with Crippen LogP contribution < -0.4 is 4.90 Å². The van der Waals surface area contributed by atoms with E-state index in [4.69, 9.17) is 34.8 Å². The molecular weight excluding hydrogens is 293 g/mol. The first-order chi connectivity index (χ1) is 8.65. The number of halogens is 3. The molecule has 0 N–H and O–H groups in total. The van der Waals surface area contributed by atoms with Crippen LogP contribution in [0.3, 0.4) is 0 Å². The lowest BCUT2D eigenvalue weighted by Gasteiger charge is -2.38. The molecule has 2 aliphatic rings. The van der Waals surface area contributed by atoms with Crippen molar-refractivity contribution in [3.63, 3.8) is 0 Å². The molecule has 3 heterocycles. The van der Waals surface area contributed by atoms with Gasteiger partial charge >= 0.3 is 0 Å². The number of anilines is 1. The van der Waals surface area contributed by atoms with Crippen LogP contribution in [0.2, 0.25) is 15.2 Å². The van der Waals surface area contributed by atoms with Gasteiger partial charge in [-0.25, -0.2) is 4.98 Å². The number of hydrogen-bond acceptors (Lipinski definition) is 3. The Morgan fingerprint density at radius 3 is 2.78 bits per heavy atom. The maximum absolute atomic E-state index is 6.22. The molecule has 0 amide bonds. The summed E-state index contributed by atoms with van der Waals surface area (Å²) in [7, 11) is 0. The SMILES string of the molecule is Clc1cc(Cl)c(N2CCN3CCCC3C2)nc1Cl. The normalized spacial score (nSPS) is 24.4. The summed E-state index contributed by atoms with van der Waals surface area (Å²) in [5.41, 5.74) is 0. The van der Waals surface area contributed by atoms with Crippen LogP contribution in [0.25, 0.3) is 0 Å². The topological polar surface area (TPSA) is 19.4 Å². The summed E-state index contributed by atoms with van der Waals surface area (Å²) in [5.74, 6) is 0.762. The Bertz CT molecular complexity index is 466. The van der Waals surface area contributed by atoms with E-state index in [1.807, 2.05) is 0 Å². The van der Waals surface area contributed by atoms with Gasteiger partial charge in [-0.2, -0.15) is 0 Å². The van der Waals surface area contributed by atoms with Crippen LogP contribution in [0.4, 0.5) is 5.82 Å². The van der Waals surface area contributed by atoms with Gasteiger partial charge in [-0.05, 0) is 25.5 Å². The highest BCUT2D eigenvalue weighted by atomic mass is 35.5. The standard InChI is InChI=1S/C12H14Cl3N3/c13-9-6-10(14)12(16-11(9)15)18-5-4-17-3-1-2-8(17)7-18/h6,8H,1-5,7H2. The Hall–Kier alpha value is -0.220. The molecule has 0 aliphatic carbocycles. The van der Waals surface area contributed by atoms with Crippen molar-refractivity contribution >= 4 is 40.6 Å². The van der Waals surface area contributed by atoms with E-state index in [1.165, 1.54) is 19.4 Å². The maximum Gasteiger partial charge on any atom is 0.150 e. The van der Waals surface area contributed by atoms with Gasteiger partial charge in [0.1, 0.15) is 11.0 Å². The van der Waals surface area contributed by atoms with Crippen molar-refractivity contribution in [2.24, 2.45) is 0 Å². The third kappa shape index (κ3) is 2.29. The molecule has 98 valence electrons. The van der Waals surface area contributed by atoms with Crippen LogP contribution in [-0.4, -0.2) is 42.1 Å². The minimum Gasteiger partial charge on any atom is -0.352 e. The van der Waals surface area contributed by atoms with Crippen LogP contribution in [0.1, 0.15) is 12.8 Å². The van der Waals surface area contributed by atoms with E-state index in [1.54, 1.807) is 6.07 Å². The number of piperazine rings is 1. The van der Waals surface area contributed by atoms with Crippen molar-refractivity contribution in [3.05, 3.63) is 21.3 Å². The summed E-state index contributed by atoms with van der Waals surface area (Å²) < 4.78 is 0. The number of hydrogen-bond donors (Lipinski definition) is 0. The van der Waals surface area contributed by atoms with Crippen LogP contribution in [-0.2, 0) is 0 Å². The Morgan fingerprint density at radius 1 is 1.11 bits per heavy atom. The fourth-order valence-electron chi connectivity index (χ4n) is 2.84. The molecule has 3 rings (SSSR count). The predicted molar refractivity (Wildman–Crippen MR) is 76.1 cm³/mol. The molecule has 0 radical (unpaired) electrons. The van der Waals surface area contributed by atoms with Crippen molar-refractivity contribution in [1.82, 2.24) is 9.88 Å². The summed E-state index contributed by atoms with van der Waals surface area (Å²) in [6, 6.07) is 2.31. The van der Waals surface area contributed by atoms with Gasteiger partial charge in [-0.3, -0.25) is 4.90 Å². The molecule has 0 aromatic carbocycles. The Balaban J connectivity index is 1.84.